The normalized spacial score (nSPS) is 15.8. The van der Waals surface area contributed by atoms with Gasteiger partial charge in [-0.25, -0.2) is 0 Å². The zero-order valence-electron chi connectivity index (χ0n) is 5.81. The van der Waals surface area contributed by atoms with E-state index in [1.54, 1.807) is 12.4 Å². The van der Waals surface area contributed by atoms with E-state index in [0.29, 0.717) is 0 Å². The summed E-state index contributed by atoms with van der Waals surface area (Å²) in [5.41, 5.74) is 0. The van der Waals surface area contributed by atoms with Gasteiger partial charge < -0.3 is 4.90 Å². The Bertz CT molecular complexity index is 273. The summed E-state index contributed by atoms with van der Waals surface area (Å²) >= 11 is 0. The Hall–Kier alpha value is -1.65. The lowest BCUT2D eigenvalue weighted by atomic mass is 10.5. The number of hydrogen-bond acceptors (Lipinski definition) is 4. The largest absolute Gasteiger partial charge is 0.323 e. The molecule has 0 saturated heterocycles. The number of aliphatic imine (C=N–C) groups is 1. The van der Waals surface area contributed by atoms with Gasteiger partial charge in [0.05, 0.1) is 12.7 Å². The van der Waals surface area contributed by atoms with Gasteiger partial charge in [-0.1, -0.05) is 0 Å². The first kappa shape index (κ1) is 6.09. The van der Waals surface area contributed by atoms with Gasteiger partial charge in [-0.2, -0.15) is 10.3 Å². The molecule has 56 valence electrons. The number of nitrogens with zero attached hydrogens (tertiary/aromatic N) is 4. The summed E-state index contributed by atoms with van der Waals surface area (Å²) in [5, 5.41) is 10.2. The van der Waals surface area contributed by atoms with E-state index in [-0.39, 0.29) is 0 Å². The lowest BCUT2D eigenvalue weighted by Gasteiger charge is -2.15. The molecule has 0 amide bonds. The maximum Gasteiger partial charge on any atom is 0.175 e. The van der Waals surface area contributed by atoms with Crippen molar-refractivity contribution in [3.63, 3.8) is 0 Å². The number of aromatic nitrogens is 3. The quantitative estimate of drug-likeness (QED) is 0.619. The van der Waals surface area contributed by atoms with Crippen LogP contribution in [0.15, 0.2) is 23.6 Å². The minimum absolute atomic E-state index is 0.753. The molecule has 1 aromatic heterocycles. The van der Waals surface area contributed by atoms with Crippen LogP contribution < -0.4 is 4.90 Å². The number of anilines is 1. The smallest absolute Gasteiger partial charge is 0.175 e. The highest BCUT2D eigenvalue weighted by atomic mass is 15.4. The van der Waals surface area contributed by atoms with Crippen molar-refractivity contribution in [1.82, 2.24) is 15.4 Å². The summed E-state index contributed by atoms with van der Waals surface area (Å²) in [6.07, 6.45) is 7.06. The molecule has 0 atom stereocenters. The van der Waals surface area contributed by atoms with E-state index in [2.05, 4.69) is 20.4 Å². The summed E-state index contributed by atoms with van der Waals surface area (Å²) < 4.78 is 0. The molecule has 5 heteroatoms. The molecule has 2 heterocycles. The molecule has 1 aromatic rings. The van der Waals surface area contributed by atoms with Gasteiger partial charge in [-0.3, -0.25) is 4.99 Å². The van der Waals surface area contributed by atoms with Crippen molar-refractivity contribution in [2.24, 2.45) is 4.99 Å². The number of H-pyrrole nitrogens is 1. The van der Waals surface area contributed by atoms with Crippen LogP contribution in [0.4, 0.5) is 5.82 Å². The zero-order chi connectivity index (χ0) is 7.52. The van der Waals surface area contributed by atoms with Crippen LogP contribution in [0, 0.1) is 0 Å². The summed E-state index contributed by atoms with van der Waals surface area (Å²) in [4.78, 5) is 5.87. The molecule has 0 saturated carbocycles. The summed E-state index contributed by atoms with van der Waals surface area (Å²) in [6.45, 7) is 0.753. The van der Waals surface area contributed by atoms with Gasteiger partial charge in [0, 0.05) is 18.6 Å². The summed E-state index contributed by atoms with van der Waals surface area (Å²) in [6, 6.07) is 0. The second-order valence-electron chi connectivity index (χ2n) is 2.11. The number of nitrogens with one attached hydrogen (secondary N) is 1. The first-order valence-electron chi connectivity index (χ1n) is 3.27. The van der Waals surface area contributed by atoms with Crippen molar-refractivity contribution >= 4 is 12.0 Å². The topological polar surface area (TPSA) is 57.2 Å². The number of hydrogen-bond donors (Lipinski definition) is 1. The van der Waals surface area contributed by atoms with Crippen LogP contribution in [0.2, 0.25) is 0 Å². The fourth-order valence-corrected chi connectivity index (χ4v) is 0.880. The van der Waals surface area contributed by atoms with Crippen LogP contribution in [-0.2, 0) is 0 Å². The Labute approximate surface area is 63.4 Å². The average molecular weight is 149 g/mol. The van der Waals surface area contributed by atoms with Gasteiger partial charge in [0.2, 0.25) is 0 Å². The summed E-state index contributed by atoms with van der Waals surface area (Å²) in [7, 11) is 0. The highest BCUT2D eigenvalue weighted by Crippen LogP contribution is 2.07. The van der Waals surface area contributed by atoms with Crippen LogP contribution in [0.1, 0.15) is 0 Å². The van der Waals surface area contributed by atoms with E-state index in [9.17, 15) is 0 Å². The van der Waals surface area contributed by atoms with Crippen LogP contribution >= 0.6 is 0 Å². The van der Waals surface area contributed by atoms with Gasteiger partial charge in [-0.15, -0.1) is 5.10 Å². The molecule has 5 nitrogen and oxygen atoms in total. The fraction of sp³-hybridized carbons (Fsp3) is 0.167. The minimum Gasteiger partial charge on any atom is -0.323 e. The van der Waals surface area contributed by atoms with Crippen molar-refractivity contribution in [3.8, 4) is 0 Å². The van der Waals surface area contributed by atoms with Gasteiger partial charge >= 0.3 is 0 Å². The zero-order valence-corrected chi connectivity index (χ0v) is 5.81. The van der Waals surface area contributed by atoms with Crippen molar-refractivity contribution in [1.29, 1.82) is 0 Å². The highest BCUT2D eigenvalue weighted by molar-refractivity contribution is 5.68. The molecule has 0 radical (unpaired) electrons. The third kappa shape index (κ3) is 1.12. The fourth-order valence-electron chi connectivity index (χ4n) is 0.880. The molecule has 0 spiro atoms. The van der Waals surface area contributed by atoms with Crippen molar-refractivity contribution in [2.75, 3.05) is 11.4 Å². The van der Waals surface area contributed by atoms with E-state index < -0.39 is 0 Å². The van der Waals surface area contributed by atoms with Crippen LogP contribution in [0.5, 0.6) is 0 Å². The first-order chi connectivity index (χ1) is 5.47. The highest BCUT2D eigenvalue weighted by Gasteiger charge is 2.04. The van der Waals surface area contributed by atoms with Gasteiger partial charge in [0.15, 0.2) is 5.82 Å². The maximum absolute atomic E-state index is 3.93. The predicted molar refractivity (Wildman–Crippen MR) is 41.4 cm³/mol. The second kappa shape index (κ2) is 2.53. The van der Waals surface area contributed by atoms with Crippen LogP contribution in [0.3, 0.4) is 0 Å². The monoisotopic (exact) mass is 149 g/mol. The molecule has 11 heavy (non-hydrogen) atoms. The Kier molecular flexibility index (Phi) is 1.40. The predicted octanol–water partition coefficient (Wildman–Crippen LogP) is 0.167. The minimum atomic E-state index is 0.753. The molecule has 0 unspecified atom stereocenters. The molecule has 1 aliphatic heterocycles. The SMILES string of the molecule is C1=CN(c2cn[nH]n2)CC=N1. The molecule has 2 rings (SSSR count). The Morgan fingerprint density at radius 2 is 2.55 bits per heavy atom. The number of aromatic amines is 1. The third-order valence-corrected chi connectivity index (χ3v) is 1.41. The molecule has 0 fully saturated rings. The Morgan fingerprint density at radius 3 is 3.18 bits per heavy atom. The molecular weight excluding hydrogens is 142 g/mol. The average Bonchev–Trinajstić information content (AvgIpc) is 2.58. The number of rotatable bonds is 1. The van der Waals surface area contributed by atoms with Gasteiger partial charge in [0.25, 0.3) is 0 Å². The maximum atomic E-state index is 3.93. The first-order valence-corrected chi connectivity index (χ1v) is 3.27. The van der Waals surface area contributed by atoms with E-state index in [4.69, 9.17) is 0 Å². The molecular formula is C6H7N5. The van der Waals surface area contributed by atoms with E-state index in [1.807, 2.05) is 17.3 Å². The van der Waals surface area contributed by atoms with E-state index in [0.717, 1.165) is 12.4 Å². The lowest BCUT2D eigenvalue weighted by Crippen LogP contribution is -2.20. The molecule has 1 N–H and O–H groups in total. The van der Waals surface area contributed by atoms with Gasteiger partial charge in [0.1, 0.15) is 0 Å². The van der Waals surface area contributed by atoms with E-state index >= 15 is 0 Å². The molecule has 1 aliphatic rings. The third-order valence-electron chi connectivity index (χ3n) is 1.41. The summed E-state index contributed by atoms with van der Waals surface area (Å²) in [5.74, 6) is 0.812. The Morgan fingerprint density at radius 1 is 1.55 bits per heavy atom. The standard InChI is InChI=1S/C6H7N5/c1-3-11(4-2-7-1)6-5-8-10-9-6/h1-3,5H,4H2,(H,8,9,10). The molecule has 0 aliphatic carbocycles. The van der Waals surface area contributed by atoms with Crippen LogP contribution in [0.25, 0.3) is 0 Å². The van der Waals surface area contributed by atoms with Crippen LogP contribution in [-0.4, -0.2) is 28.2 Å². The van der Waals surface area contributed by atoms with E-state index in [1.165, 1.54) is 0 Å². The second-order valence-corrected chi connectivity index (χ2v) is 2.11. The Balaban J connectivity index is 2.19. The van der Waals surface area contributed by atoms with Crippen molar-refractivity contribution in [3.05, 3.63) is 18.6 Å². The van der Waals surface area contributed by atoms with Crippen molar-refractivity contribution < 1.29 is 0 Å². The molecule has 0 bridgehead atoms. The van der Waals surface area contributed by atoms with Crippen molar-refractivity contribution in [2.45, 2.75) is 0 Å². The molecule has 0 aromatic carbocycles. The van der Waals surface area contributed by atoms with Gasteiger partial charge in [-0.05, 0) is 0 Å². The lowest BCUT2D eigenvalue weighted by molar-refractivity contribution is 0.926.